The van der Waals surface area contributed by atoms with E-state index in [1.165, 1.54) is 17.1 Å². The maximum atomic E-state index is 12.9. The number of alkyl halides is 3. The van der Waals surface area contributed by atoms with Gasteiger partial charge < -0.3 is 14.8 Å². The second-order valence-corrected chi connectivity index (χ2v) is 7.60. The van der Waals surface area contributed by atoms with Gasteiger partial charge in [-0.05, 0) is 47.5 Å². The molecule has 168 valence electrons. The van der Waals surface area contributed by atoms with Crippen LogP contribution in [-0.4, -0.2) is 30.1 Å². The summed E-state index contributed by atoms with van der Waals surface area (Å²) in [7, 11) is 0. The fourth-order valence-corrected chi connectivity index (χ4v) is 3.82. The van der Waals surface area contributed by atoms with Crippen LogP contribution in [0.4, 0.5) is 23.7 Å². The number of urea groups is 1. The maximum absolute atomic E-state index is 12.9. The number of rotatable bonds is 3. The van der Waals surface area contributed by atoms with Gasteiger partial charge in [0.15, 0.2) is 11.5 Å². The number of halogens is 3. The van der Waals surface area contributed by atoms with Crippen molar-refractivity contribution in [3.8, 4) is 11.5 Å². The second kappa shape index (κ2) is 8.16. The van der Waals surface area contributed by atoms with Crippen molar-refractivity contribution in [1.82, 2.24) is 5.01 Å². The molecular formula is C24H18F3N3O3. The first-order valence-electron chi connectivity index (χ1n) is 10.2. The third-order valence-corrected chi connectivity index (χ3v) is 5.48. The molecular weight excluding hydrogens is 435 g/mol. The summed E-state index contributed by atoms with van der Waals surface area (Å²) in [5, 5.41) is 8.45. The molecule has 3 aromatic carbocycles. The Labute approximate surface area is 187 Å². The summed E-state index contributed by atoms with van der Waals surface area (Å²) in [5.74, 6) is 1.07. The monoisotopic (exact) mass is 453 g/mol. The number of anilines is 1. The molecule has 2 amide bonds. The Hall–Kier alpha value is -4.01. The predicted octanol–water partition coefficient (Wildman–Crippen LogP) is 5.47. The van der Waals surface area contributed by atoms with Crippen LogP contribution in [0.15, 0.2) is 77.9 Å². The van der Waals surface area contributed by atoms with Crippen molar-refractivity contribution in [3.63, 3.8) is 0 Å². The third-order valence-electron chi connectivity index (χ3n) is 5.48. The highest BCUT2D eigenvalue weighted by atomic mass is 19.4. The molecule has 0 aromatic heterocycles. The lowest BCUT2D eigenvalue weighted by molar-refractivity contribution is -0.137. The van der Waals surface area contributed by atoms with Gasteiger partial charge in [-0.15, -0.1) is 0 Å². The number of fused-ring (bicyclic) bond motifs is 1. The average Bonchev–Trinajstić information content (AvgIpc) is 3.46. The molecule has 0 saturated carbocycles. The number of nitrogens with zero attached hydrogens (tertiary/aromatic N) is 2. The molecule has 0 fully saturated rings. The standard InChI is InChI=1S/C24H18F3N3O3/c25-24(26,27)17-7-9-18(10-8-17)28-23(31)30-13-19(22(29-30)15-4-2-1-3-5-15)16-6-11-20-21(12-16)33-14-32-20/h1-12,19H,13-14H2,(H,28,31). The van der Waals surface area contributed by atoms with E-state index in [0.29, 0.717) is 17.2 Å². The molecule has 5 rings (SSSR count). The smallest absolute Gasteiger partial charge is 0.416 e. The van der Waals surface area contributed by atoms with E-state index in [2.05, 4.69) is 10.4 Å². The zero-order chi connectivity index (χ0) is 23.0. The molecule has 2 heterocycles. The average molecular weight is 453 g/mol. The largest absolute Gasteiger partial charge is 0.454 e. The lowest BCUT2D eigenvalue weighted by Gasteiger charge is -2.16. The number of hydrogen-bond donors (Lipinski definition) is 1. The highest BCUT2D eigenvalue weighted by molar-refractivity contribution is 6.07. The number of ether oxygens (including phenoxy) is 2. The predicted molar refractivity (Wildman–Crippen MR) is 115 cm³/mol. The van der Waals surface area contributed by atoms with Crippen molar-refractivity contribution in [1.29, 1.82) is 0 Å². The van der Waals surface area contributed by atoms with Gasteiger partial charge in [-0.1, -0.05) is 36.4 Å². The van der Waals surface area contributed by atoms with E-state index in [9.17, 15) is 18.0 Å². The lowest BCUT2D eigenvalue weighted by Crippen LogP contribution is -2.30. The van der Waals surface area contributed by atoms with Gasteiger partial charge in [0.2, 0.25) is 6.79 Å². The highest BCUT2D eigenvalue weighted by Gasteiger charge is 2.34. The summed E-state index contributed by atoms with van der Waals surface area (Å²) >= 11 is 0. The molecule has 3 aromatic rings. The minimum absolute atomic E-state index is 0.157. The maximum Gasteiger partial charge on any atom is 0.416 e. The number of carbonyl (C=O) groups excluding carboxylic acids is 1. The van der Waals surface area contributed by atoms with E-state index in [-0.39, 0.29) is 24.9 Å². The van der Waals surface area contributed by atoms with Crippen molar-refractivity contribution < 1.29 is 27.4 Å². The summed E-state index contributed by atoms with van der Waals surface area (Å²) in [5.41, 5.74) is 1.94. The quantitative estimate of drug-likeness (QED) is 0.572. The minimum atomic E-state index is -4.44. The van der Waals surface area contributed by atoms with Crippen molar-refractivity contribution in [2.24, 2.45) is 5.10 Å². The van der Waals surface area contributed by atoms with Gasteiger partial charge in [0.1, 0.15) is 0 Å². The molecule has 2 aliphatic heterocycles. The Morgan fingerprint density at radius 3 is 2.42 bits per heavy atom. The lowest BCUT2D eigenvalue weighted by atomic mass is 9.90. The fourth-order valence-electron chi connectivity index (χ4n) is 3.82. The van der Waals surface area contributed by atoms with Crippen LogP contribution < -0.4 is 14.8 Å². The molecule has 6 nitrogen and oxygen atoms in total. The zero-order valence-corrected chi connectivity index (χ0v) is 17.2. The Balaban J connectivity index is 1.40. The van der Waals surface area contributed by atoms with Crippen molar-refractivity contribution in [3.05, 3.63) is 89.5 Å². The van der Waals surface area contributed by atoms with E-state index in [0.717, 1.165) is 23.3 Å². The molecule has 0 aliphatic carbocycles. The minimum Gasteiger partial charge on any atom is -0.454 e. The van der Waals surface area contributed by atoms with Gasteiger partial charge in [0, 0.05) is 11.6 Å². The first kappa shape index (κ1) is 20.9. The van der Waals surface area contributed by atoms with Crippen LogP contribution in [0, 0.1) is 0 Å². The second-order valence-electron chi connectivity index (χ2n) is 7.60. The molecule has 0 radical (unpaired) electrons. The summed E-state index contributed by atoms with van der Waals surface area (Å²) in [4.78, 5) is 12.9. The third kappa shape index (κ3) is 4.21. The van der Waals surface area contributed by atoms with Crippen molar-refractivity contribution in [2.75, 3.05) is 18.7 Å². The Kier molecular flexibility index (Phi) is 5.16. The SMILES string of the molecule is O=C(Nc1ccc(C(F)(F)F)cc1)N1CC(c2ccc3c(c2)OCO3)C(c2ccccc2)=N1. The molecule has 0 spiro atoms. The van der Waals surface area contributed by atoms with Gasteiger partial charge in [-0.25, -0.2) is 9.80 Å². The molecule has 0 saturated heterocycles. The van der Waals surface area contributed by atoms with Crippen LogP contribution in [0.3, 0.4) is 0 Å². The molecule has 1 N–H and O–H groups in total. The number of hydrogen-bond acceptors (Lipinski definition) is 4. The molecule has 2 aliphatic rings. The summed E-state index contributed by atoms with van der Waals surface area (Å²) in [6.45, 7) is 0.418. The molecule has 0 bridgehead atoms. The van der Waals surface area contributed by atoms with Crippen LogP contribution >= 0.6 is 0 Å². The van der Waals surface area contributed by atoms with E-state index < -0.39 is 17.8 Å². The van der Waals surface area contributed by atoms with E-state index in [1.54, 1.807) is 0 Å². The molecule has 33 heavy (non-hydrogen) atoms. The summed E-state index contributed by atoms with van der Waals surface area (Å²) < 4.78 is 49.2. The summed E-state index contributed by atoms with van der Waals surface area (Å²) in [6, 6.07) is 18.9. The van der Waals surface area contributed by atoms with Crippen molar-refractivity contribution >= 4 is 17.4 Å². The van der Waals surface area contributed by atoms with Gasteiger partial charge in [0.05, 0.1) is 17.8 Å². The molecule has 9 heteroatoms. The topological polar surface area (TPSA) is 63.2 Å². The molecule has 1 unspecified atom stereocenters. The van der Waals surface area contributed by atoms with Gasteiger partial charge in [0.25, 0.3) is 0 Å². The number of carbonyl (C=O) groups is 1. The first-order chi connectivity index (χ1) is 15.9. The summed E-state index contributed by atoms with van der Waals surface area (Å²) in [6.07, 6.45) is -4.44. The van der Waals surface area contributed by atoms with Crippen LogP contribution in [0.25, 0.3) is 0 Å². The van der Waals surface area contributed by atoms with Gasteiger partial charge in [-0.2, -0.15) is 18.3 Å². The zero-order valence-electron chi connectivity index (χ0n) is 17.2. The van der Waals surface area contributed by atoms with Gasteiger partial charge in [-0.3, -0.25) is 0 Å². The number of amides is 2. The highest BCUT2D eigenvalue weighted by Crippen LogP contribution is 2.37. The Bertz CT molecular complexity index is 1210. The fraction of sp³-hybridized carbons (Fsp3) is 0.167. The Morgan fingerprint density at radius 1 is 0.970 bits per heavy atom. The number of benzene rings is 3. The van der Waals surface area contributed by atoms with E-state index in [4.69, 9.17) is 9.47 Å². The van der Waals surface area contributed by atoms with E-state index >= 15 is 0 Å². The number of nitrogens with one attached hydrogen (secondary N) is 1. The first-order valence-corrected chi connectivity index (χ1v) is 10.2. The van der Waals surface area contributed by atoms with Crippen LogP contribution in [0.1, 0.15) is 22.6 Å². The van der Waals surface area contributed by atoms with Crippen LogP contribution in [0.5, 0.6) is 11.5 Å². The Morgan fingerprint density at radius 2 is 1.70 bits per heavy atom. The molecule has 1 atom stereocenters. The van der Waals surface area contributed by atoms with Gasteiger partial charge >= 0.3 is 12.2 Å². The number of hydrazone groups is 1. The van der Waals surface area contributed by atoms with Crippen LogP contribution in [-0.2, 0) is 6.18 Å². The van der Waals surface area contributed by atoms with E-state index in [1.807, 2.05) is 48.5 Å². The van der Waals surface area contributed by atoms with Crippen LogP contribution in [0.2, 0.25) is 0 Å². The van der Waals surface area contributed by atoms with Crippen molar-refractivity contribution in [2.45, 2.75) is 12.1 Å². The normalized spacial score (nSPS) is 17.1.